The Balaban J connectivity index is 1.86. The molecule has 8 heteroatoms. The van der Waals surface area contributed by atoms with Gasteiger partial charge in [0.2, 0.25) is 15.9 Å². The third kappa shape index (κ3) is 7.48. The number of hydrogen-bond donors (Lipinski definition) is 0. The van der Waals surface area contributed by atoms with E-state index in [0.717, 1.165) is 5.69 Å². The first-order valence-electron chi connectivity index (χ1n) is 13.0. The van der Waals surface area contributed by atoms with Crippen LogP contribution in [0.2, 0.25) is 0 Å². The molecule has 38 heavy (non-hydrogen) atoms. The summed E-state index contributed by atoms with van der Waals surface area (Å²) in [7, 11) is -2.35. The third-order valence-electron chi connectivity index (χ3n) is 6.37. The van der Waals surface area contributed by atoms with E-state index in [1.165, 1.54) is 34.7 Å². The fraction of sp³-hybridized carbons (Fsp3) is 0.433. The van der Waals surface area contributed by atoms with E-state index >= 15 is 0 Å². The number of carbonyl (C=O) groups is 1. The van der Waals surface area contributed by atoms with Crippen molar-refractivity contribution >= 4 is 15.9 Å². The monoisotopic (exact) mass is 539 g/mol. The minimum Gasteiger partial charge on any atom is -0.497 e. The minimum absolute atomic E-state index is 0.0467. The summed E-state index contributed by atoms with van der Waals surface area (Å²) in [5, 5.41) is 0. The van der Waals surface area contributed by atoms with Crippen molar-refractivity contribution in [3.8, 4) is 5.75 Å². The van der Waals surface area contributed by atoms with Gasteiger partial charge in [-0.05, 0) is 75.6 Å². The second-order valence-electron chi connectivity index (χ2n) is 11.1. The zero-order chi connectivity index (χ0) is 28.1. The lowest BCUT2D eigenvalue weighted by Crippen LogP contribution is -2.50. The number of aromatic nitrogens is 1. The topological polar surface area (TPSA) is 71.8 Å². The van der Waals surface area contributed by atoms with Crippen LogP contribution in [-0.4, -0.2) is 53.8 Å². The van der Waals surface area contributed by atoms with Gasteiger partial charge in [-0.2, -0.15) is 4.31 Å². The second kappa shape index (κ2) is 12.2. The fourth-order valence-electron chi connectivity index (χ4n) is 4.40. The second-order valence-corrected chi connectivity index (χ2v) is 13.1. The van der Waals surface area contributed by atoms with Crippen molar-refractivity contribution in [2.45, 2.75) is 65.1 Å². The largest absolute Gasteiger partial charge is 0.497 e. The van der Waals surface area contributed by atoms with Crippen molar-refractivity contribution in [2.75, 3.05) is 20.2 Å². The molecule has 0 saturated carbocycles. The summed E-state index contributed by atoms with van der Waals surface area (Å²) < 4.78 is 35.8. The van der Waals surface area contributed by atoms with Gasteiger partial charge in [0.1, 0.15) is 5.75 Å². The Hall–Kier alpha value is -3.10. The summed E-state index contributed by atoms with van der Waals surface area (Å²) in [5.74, 6) is 0.382. The van der Waals surface area contributed by atoms with Crippen LogP contribution in [0.4, 0.5) is 0 Å². The van der Waals surface area contributed by atoms with Crippen LogP contribution in [0.1, 0.15) is 51.4 Å². The summed E-state index contributed by atoms with van der Waals surface area (Å²) in [6.07, 6.45) is 2.02. The SMILES string of the molecule is COc1ccc(S(=O)(=O)N(CC(=O)N(Cc2cccn2Cc2cccc(C)c2)C(C)(C)C)CC(C)C)cc1. The van der Waals surface area contributed by atoms with Crippen molar-refractivity contribution < 1.29 is 17.9 Å². The Morgan fingerprint density at radius 2 is 1.71 bits per heavy atom. The number of methoxy groups -OCH3 is 1. The lowest BCUT2D eigenvalue weighted by molar-refractivity contribution is -0.137. The van der Waals surface area contributed by atoms with Gasteiger partial charge in [-0.15, -0.1) is 0 Å². The molecule has 1 amide bonds. The van der Waals surface area contributed by atoms with Crippen molar-refractivity contribution in [3.63, 3.8) is 0 Å². The van der Waals surface area contributed by atoms with Crippen LogP contribution in [0.5, 0.6) is 5.75 Å². The van der Waals surface area contributed by atoms with Crippen LogP contribution < -0.4 is 4.74 Å². The lowest BCUT2D eigenvalue weighted by atomic mass is 10.1. The first-order chi connectivity index (χ1) is 17.8. The van der Waals surface area contributed by atoms with E-state index in [4.69, 9.17) is 4.74 Å². The average Bonchev–Trinajstić information content (AvgIpc) is 3.27. The summed E-state index contributed by atoms with van der Waals surface area (Å²) in [4.78, 5) is 15.7. The van der Waals surface area contributed by atoms with Gasteiger partial charge in [-0.25, -0.2) is 8.42 Å². The van der Waals surface area contributed by atoms with Crippen LogP contribution in [0.15, 0.2) is 71.8 Å². The van der Waals surface area contributed by atoms with Gasteiger partial charge in [0.15, 0.2) is 0 Å². The zero-order valence-electron chi connectivity index (χ0n) is 23.6. The lowest BCUT2D eigenvalue weighted by Gasteiger charge is -2.37. The molecular weight excluding hydrogens is 498 g/mol. The Labute approximate surface area is 228 Å². The van der Waals surface area contributed by atoms with Crippen molar-refractivity contribution in [1.82, 2.24) is 13.8 Å². The smallest absolute Gasteiger partial charge is 0.243 e. The molecule has 0 spiro atoms. The van der Waals surface area contributed by atoms with Gasteiger partial charge < -0.3 is 14.2 Å². The Morgan fingerprint density at radius 3 is 2.29 bits per heavy atom. The molecule has 1 heterocycles. The Morgan fingerprint density at radius 1 is 1.03 bits per heavy atom. The number of rotatable bonds is 11. The summed E-state index contributed by atoms with van der Waals surface area (Å²) >= 11 is 0. The van der Waals surface area contributed by atoms with Crippen molar-refractivity contribution in [2.24, 2.45) is 5.92 Å². The van der Waals surface area contributed by atoms with E-state index in [2.05, 4.69) is 29.7 Å². The van der Waals surface area contributed by atoms with E-state index < -0.39 is 15.6 Å². The van der Waals surface area contributed by atoms with Gasteiger partial charge in [0.05, 0.1) is 25.1 Å². The first kappa shape index (κ1) is 29.5. The molecule has 2 aromatic carbocycles. The van der Waals surface area contributed by atoms with Gasteiger partial charge in [0, 0.05) is 30.5 Å². The van der Waals surface area contributed by atoms with Gasteiger partial charge in [-0.3, -0.25) is 4.79 Å². The maximum atomic E-state index is 13.8. The molecule has 0 aliphatic rings. The summed E-state index contributed by atoms with van der Waals surface area (Å²) in [6, 6.07) is 18.6. The molecule has 0 aliphatic heterocycles. The number of nitrogens with zero attached hydrogens (tertiary/aromatic N) is 3. The molecule has 0 fully saturated rings. The highest BCUT2D eigenvalue weighted by atomic mass is 32.2. The highest BCUT2D eigenvalue weighted by Gasteiger charge is 2.33. The van der Waals surface area contributed by atoms with Crippen LogP contribution in [-0.2, 0) is 27.9 Å². The molecule has 0 bridgehead atoms. The standard InChI is InChI=1S/C30H41N3O4S/c1-23(2)19-32(38(35,36)28-15-13-27(37-7)14-16-28)22-29(34)33(30(4,5)6)21-26-12-9-17-31(26)20-25-11-8-10-24(3)18-25/h8-18,23H,19-22H2,1-7H3. The normalized spacial score (nSPS) is 12.2. The van der Waals surface area contributed by atoms with Crippen molar-refractivity contribution in [3.05, 3.63) is 83.7 Å². The minimum atomic E-state index is -3.89. The fourth-order valence-corrected chi connectivity index (χ4v) is 5.96. The molecule has 0 N–H and O–H groups in total. The van der Waals surface area contributed by atoms with Crippen molar-refractivity contribution in [1.29, 1.82) is 0 Å². The molecule has 1 aromatic heterocycles. The van der Waals surface area contributed by atoms with Crippen LogP contribution in [0.3, 0.4) is 0 Å². The molecular formula is C30H41N3O4S. The van der Waals surface area contributed by atoms with Gasteiger partial charge in [0.25, 0.3) is 0 Å². The van der Waals surface area contributed by atoms with E-state index in [1.54, 1.807) is 17.0 Å². The van der Waals surface area contributed by atoms with Crippen LogP contribution in [0, 0.1) is 12.8 Å². The van der Waals surface area contributed by atoms with Crippen LogP contribution in [0.25, 0.3) is 0 Å². The highest BCUT2D eigenvalue weighted by molar-refractivity contribution is 7.89. The van der Waals surface area contributed by atoms with Gasteiger partial charge in [-0.1, -0.05) is 43.7 Å². The molecule has 0 unspecified atom stereocenters. The number of amides is 1. The van der Waals surface area contributed by atoms with E-state index in [0.29, 0.717) is 18.8 Å². The maximum Gasteiger partial charge on any atom is 0.243 e. The zero-order valence-corrected chi connectivity index (χ0v) is 24.5. The molecule has 0 atom stereocenters. The Bertz CT molecular complexity index is 1320. The summed E-state index contributed by atoms with van der Waals surface area (Å²) in [6.45, 7) is 13.0. The molecule has 0 radical (unpaired) electrons. The number of carbonyl (C=O) groups excluding carboxylic acids is 1. The Kier molecular flexibility index (Phi) is 9.44. The highest BCUT2D eigenvalue weighted by Crippen LogP contribution is 2.23. The third-order valence-corrected chi connectivity index (χ3v) is 8.19. The van der Waals surface area contributed by atoms with E-state index in [1.807, 2.05) is 59.0 Å². The molecule has 0 aliphatic carbocycles. The number of aryl methyl sites for hydroxylation is 1. The number of sulfonamides is 1. The number of benzene rings is 2. The first-order valence-corrected chi connectivity index (χ1v) is 14.4. The van der Waals surface area contributed by atoms with Crippen LogP contribution >= 0.6 is 0 Å². The molecule has 3 rings (SSSR count). The predicted octanol–water partition coefficient (Wildman–Crippen LogP) is 5.33. The predicted molar refractivity (Wildman–Crippen MR) is 152 cm³/mol. The molecule has 0 saturated heterocycles. The number of hydrogen-bond acceptors (Lipinski definition) is 4. The molecule has 7 nitrogen and oxygen atoms in total. The van der Waals surface area contributed by atoms with E-state index in [-0.39, 0.29) is 29.8 Å². The number of ether oxygens (including phenoxy) is 1. The molecule has 3 aromatic rings. The maximum absolute atomic E-state index is 13.8. The quantitative estimate of drug-likeness (QED) is 0.330. The molecule has 206 valence electrons. The summed E-state index contributed by atoms with van der Waals surface area (Å²) in [5.41, 5.74) is 2.86. The average molecular weight is 540 g/mol. The van der Waals surface area contributed by atoms with Gasteiger partial charge >= 0.3 is 0 Å². The van der Waals surface area contributed by atoms with E-state index in [9.17, 15) is 13.2 Å².